The van der Waals surface area contributed by atoms with Crippen molar-refractivity contribution in [3.8, 4) is 0 Å². The molecule has 1 amide bonds. The van der Waals surface area contributed by atoms with E-state index in [1.54, 1.807) is 0 Å². The summed E-state index contributed by atoms with van der Waals surface area (Å²) in [5, 5.41) is 3.50. The van der Waals surface area contributed by atoms with Gasteiger partial charge in [0, 0.05) is 31.7 Å². The van der Waals surface area contributed by atoms with Crippen LogP contribution in [0.1, 0.15) is 35.1 Å². The monoisotopic (exact) mass is 308 g/mol. The third-order valence-corrected chi connectivity index (χ3v) is 4.46. The fraction of sp³-hybridized carbons (Fsp3) is 0.350. The first-order valence-electron chi connectivity index (χ1n) is 8.29. The van der Waals surface area contributed by atoms with Gasteiger partial charge in [-0.15, -0.1) is 0 Å². The van der Waals surface area contributed by atoms with Gasteiger partial charge in [-0.25, -0.2) is 0 Å². The molecular weight excluding hydrogens is 284 g/mol. The van der Waals surface area contributed by atoms with Crippen molar-refractivity contribution >= 4 is 11.6 Å². The topological polar surface area (TPSA) is 32.3 Å². The van der Waals surface area contributed by atoms with Gasteiger partial charge in [-0.1, -0.05) is 35.9 Å². The van der Waals surface area contributed by atoms with E-state index in [1.165, 1.54) is 22.3 Å². The van der Waals surface area contributed by atoms with Gasteiger partial charge in [0.2, 0.25) is 5.91 Å². The normalized spacial score (nSPS) is 14.5. The molecule has 3 heteroatoms. The minimum Gasteiger partial charge on any atom is -0.312 e. The summed E-state index contributed by atoms with van der Waals surface area (Å²) in [7, 11) is 0. The molecule has 1 fully saturated rings. The number of carbonyl (C=O) groups is 1. The molecule has 120 valence electrons. The van der Waals surface area contributed by atoms with Crippen LogP contribution in [0.5, 0.6) is 0 Å². The lowest BCUT2D eigenvalue weighted by Gasteiger charge is -2.16. The van der Waals surface area contributed by atoms with Gasteiger partial charge >= 0.3 is 0 Å². The van der Waals surface area contributed by atoms with Crippen LogP contribution in [-0.4, -0.2) is 12.5 Å². The van der Waals surface area contributed by atoms with Gasteiger partial charge in [-0.05, 0) is 49.1 Å². The average molecular weight is 308 g/mol. The minimum absolute atomic E-state index is 0.241. The van der Waals surface area contributed by atoms with Crippen molar-refractivity contribution in [3.63, 3.8) is 0 Å². The van der Waals surface area contributed by atoms with Crippen molar-refractivity contribution in [1.82, 2.24) is 5.32 Å². The molecule has 0 unspecified atom stereocenters. The Morgan fingerprint density at radius 2 is 1.83 bits per heavy atom. The average Bonchev–Trinajstić information content (AvgIpc) is 2.96. The summed E-state index contributed by atoms with van der Waals surface area (Å²) in [5.74, 6) is 0.241. The fourth-order valence-corrected chi connectivity index (χ4v) is 3.10. The molecule has 0 bridgehead atoms. The first kappa shape index (κ1) is 15.8. The second kappa shape index (κ2) is 6.97. The second-order valence-corrected chi connectivity index (χ2v) is 6.35. The molecule has 0 atom stereocenters. The maximum absolute atomic E-state index is 11.8. The molecule has 1 N–H and O–H groups in total. The Morgan fingerprint density at radius 3 is 2.48 bits per heavy atom. The third kappa shape index (κ3) is 3.80. The highest BCUT2D eigenvalue weighted by Gasteiger charge is 2.21. The third-order valence-electron chi connectivity index (χ3n) is 4.46. The van der Waals surface area contributed by atoms with Gasteiger partial charge in [-0.2, -0.15) is 0 Å². The van der Waals surface area contributed by atoms with Gasteiger partial charge in [0.1, 0.15) is 0 Å². The molecule has 2 aromatic rings. The Morgan fingerprint density at radius 1 is 1.04 bits per heavy atom. The summed E-state index contributed by atoms with van der Waals surface area (Å²) in [6.45, 7) is 6.84. The van der Waals surface area contributed by atoms with Crippen LogP contribution in [0.25, 0.3) is 0 Å². The zero-order valence-corrected chi connectivity index (χ0v) is 13.9. The molecule has 0 radical (unpaired) electrons. The van der Waals surface area contributed by atoms with E-state index in [0.717, 1.165) is 31.7 Å². The smallest absolute Gasteiger partial charge is 0.227 e. The Labute approximate surface area is 138 Å². The van der Waals surface area contributed by atoms with Crippen LogP contribution in [0, 0.1) is 13.8 Å². The molecule has 0 spiro atoms. The number of hydrogen-bond donors (Lipinski definition) is 1. The predicted octanol–water partition coefficient (Wildman–Crippen LogP) is 3.72. The zero-order valence-electron chi connectivity index (χ0n) is 13.9. The molecule has 0 aliphatic carbocycles. The van der Waals surface area contributed by atoms with E-state index in [2.05, 4.69) is 61.6 Å². The zero-order chi connectivity index (χ0) is 16.2. The minimum atomic E-state index is 0.241. The number of anilines is 1. The van der Waals surface area contributed by atoms with E-state index >= 15 is 0 Å². The molecule has 1 aliphatic rings. The highest BCUT2D eigenvalue weighted by molar-refractivity contribution is 5.95. The van der Waals surface area contributed by atoms with E-state index in [0.29, 0.717) is 6.42 Å². The quantitative estimate of drug-likeness (QED) is 0.913. The maximum atomic E-state index is 11.8. The molecule has 1 saturated heterocycles. The van der Waals surface area contributed by atoms with Gasteiger partial charge < -0.3 is 10.2 Å². The number of rotatable bonds is 5. The Hall–Kier alpha value is -2.13. The largest absolute Gasteiger partial charge is 0.312 e. The standard InChI is InChI=1S/C20H24N2O/c1-15-5-8-18(16(2)12-15)14-21-13-17-6-9-19(10-7-17)22-11-3-4-20(22)23/h5-10,12,21H,3-4,11,13-14H2,1-2H3. The van der Waals surface area contributed by atoms with E-state index in [9.17, 15) is 4.79 Å². The Kier molecular flexibility index (Phi) is 4.77. The molecule has 2 aromatic carbocycles. The number of carbonyl (C=O) groups excluding carboxylic acids is 1. The lowest BCUT2D eigenvalue weighted by Crippen LogP contribution is -2.23. The lowest BCUT2D eigenvalue weighted by atomic mass is 10.1. The second-order valence-electron chi connectivity index (χ2n) is 6.35. The van der Waals surface area contributed by atoms with Crippen molar-refractivity contribution in [2.24, 2.45) is 0 Å². The molecule has 1 heterocycles. The first-order valence-corrected chi connectivity index (χ1v) is 8.29. The van der Waals surface area contributed by atoms with Crippen LogP contribution >= 0.6 is 0 Å². The summed E-state index contributed by atoms with van der Waals surface area (Å²) in [4.78, 5) is 13.6. The maximum Gasteiger partial charge on any atom is 0.227 e. The molecule has 3 rings (SSSR count). The van der Waals surface area contributed by atoms with Crippen LogP contribution in [0.15, 0.2) is 42.5 Å². The molecule has 3 nitrogen and oxygen atoms in total. The van der Waals surface area contributed by atoms with Crippen LogP contribution < -0.4 is 10.2 Å². The highest BCUT2D eigenvalue weighted by atomic mass is 16.2. The van der Waals surface area contributed by atoms with Crippen LogP contribution in [0.3, 0.4) is 0 Å². The summed E-state index contributed by atoms with van der Waals surface area (Å²) in [6.07, 6.45) is 1.65. The number of nitrogens with zero attached hydrogens (tertiary/aromatic N) is 1. The van der Waals surface area contributed by atoms with Gasteiger partial charge in [0.25, 0.3) is 0 Å². The predicted molar refractivity (Wildman–Crippen MR) is 94.5 cm³/mol. The summed E-state index contributed by atoms with van der Waals surface area (Å²) in [5.41, 5.74) is 6.24. The highest BCUT2D eigenvalue weighted by Crippen LogP contribution is 2.21. The fourth-order valence-electron chi connectivity index (χ4n) is 3.10. The summed E-state index contributed by atoms with van der Waals surface area (Å²) >= 11 is 0. The Bertz CT molecular complexity index is 691. The number of amides is 1. The lowest BCUT2D eigenvalue weighted by molar-refractivity contribution is -0.117. The van der Waals surface area contributed by atoms with Crippen molar-refractivity contribution in [2.75, 3.05) is 11.4 Å². The van der Waals surface area contributed by atoms with E-state index < -0.39 is 0 Å². The Balaban J connectivity index is 1.55. The first-order chi connectivity index (χ1) is 11.1. The van der Waals surface area contributed by atoms with Gasteiger partial charge in [0.05, 0.1) is 0 Å². The van der Waals surface area contributed by atoms with Crippen LogP contribution in [0.4, 0.5) is 5.69 Å². The van der Waals surface area contributed by atoms with Crippen LogP contribution in [0.2, 0.25) is 0 Å². The van der Waals surface area contributed by atoms with Crippen molar-refractivity contribution in [1.29, 1.82) is 0 Å². The molecule has 23 heavy (non-hydrogen) atoms. The van der Waals surface area contributed by atoms with E-state index in [-0.39, 0.29) is 5.91 Å². The van der Waals surface area contributed by atoms with E-state index in [1.807, 2.05) is 4.90 Å². The van der Waals surface area contributed by atoms with E-state index in [4.69, 9.17) is 0 Å². The van der Waals surface area contributed by atoms with Crippen LogP contribution in [-0.2, 0) is 17.9 Å². The van der Waals surface area contributed by atoms with Crippen molar-refractivity contribution in [3.05, 3.63) is 64.7 Å². The number of benzene rings is 2. The van der Waals surface area contributed by atoms with Crippen molar-refractivity contribution in [2.45, 2.75) is 39.8 Å². The number of aryl methyl sites for hydroxylation is 2. The molecule has 0 saturated carbocycles. The number of nitrogens with one attached hydrogen (secondary N) is 1. The molecular formula is C20H24N2O. The van der Waals surface area contributed by atoms with Gasteiger partial charge in [0.15, 0.2) is 0 Å². The summed E-state index contributed by atoms with van der Waals surface area (Å²) < 4.78 is 0. The summed E-state index contributed by atoms with van der Waals surface area (Å²) in [6, 6.07) is 14.9. The molecule has 0 aromatic heterocycles. The van der Waals surface area contributed by atoms with Gasteiger partial charge in [-0.3, -0.25) is 4.79 Å². The molecule has 1 aliphatic heterocycles. The SMILES string of the molecule is Cc1ccc(CNCc2ccc(N3CCCC3=O)cc2)c(C)c1. The number of hydrogen-bond acceptors (Lipinski definition) is 2. The van der Waals surface area contributed by atoms with Crippen molar-refractivity contribution < 1.29 is 4.79 Å².